The van der Waals surface area contributed by atoms with Crippen molar-refractivity contribution >= 4 is 0 Å². The monoisotopic (exact) mass is 186 g/mol. The smallest absolute Gasteiger partial charge is 0.00439 e. The van der Waals surface area contributed by atoms with Gasteiger partial charge in [0.1, 0.15) is 0 Å². The number of unbranched alkanes of at least 4 members (excludes halogenated alkanes) is 1. The van der Waals surface area contributed by atoms with Gasteiger partial charge in [-0.25, -0.2) is 0 Å². The van der Waals surface area contributed by atoms with Gasteiger partial charge in [-0.3, -0.25) is 0 Å². The van der Waals surface area contributed by atoms with Gasteiger partial charge in [0.15, 0.2) is 0 Å². The molecule has 2 heteroatoms. The lowest BCUT2D eigenvalue weighted by Gasteiger charge is -2.17. The molecule has 0 amide bonds. The van der Waals surface area contributed by atoms with Crippen molar-refractivity contribution in [3.05, 3.63) is 0 Å². The highest BCUT2D eigenvalue weighted by Crippen LogP contribution is 2.16. The van der Waals surface area contributed by atoms with Gasteiger partial charge >= 0.3 is 0 Å². The maximum absolute atomic E-state index is 3.47. The van der Waals surface area contributed by atoms with Crippen LogP contribution in [-0.2, 0) is 0 Å². The number of hydrogen-bond acceptors (Lipinski definition) is 2. The van der Waals surface area contributed by atoms with E-state index in [0.717, 1.165) is 19.6 Å². The normalized spacial score (nSPS) is 12.0. The molecular weight excluding hydrogens is 160 g/mol. The molecule has 80 valence electrons. The molecule has 0 unspecified atom stereocenters. The van der Waals surface area contributed by atoms with E-state index in [1.54, 1.807) is 0 Å². The summed E-state index contributed by atoms with van der Waals surface area (Å²) < 4.78 is 0. The van der Waals surface area contributed by atoms with Gasteiger partial charge in [0.2, 0.25) is 0 Å². The minimum atomic E-state index is 0.470. The molecule has 2 N–H and O–H groups in total. The molecule has 0 aliphatic heterocycles. The highest BCUT2D eigenvalue weighted by atomic mass is 14.8. The first-order chi connectivity index (χ1) is 6.06. The Kier molecular flexibility index (Phi) is 7.29. The third-order valence-corrected chi connectivity index (χ3v) is 2.08. The predicted octanol–water partition coefficient (Wildman–Crippen LogP) is 2.01. The van der Waals surface area contributed by atoms with E-state index in [1.165, 1.54) is 19.3 Å². The number of rotatable bonds is 7. The average molecular weight is 186 g/mol. The van der Waals surface area contributed by atoms with Crippen LogP contribution in [0.4, 0.5) is 0 Å². The summed E-state index contributed by atoms with van der Waals surface area (Å²) in [6, 6.07) is 0. The highest BCUT2D eigenvalue weighted by Gasteiger charge is 2.08. The van der Waals surface area contributed by atoms with E-state index in [-0.39, 0.29) is 0 Å². The Morgan fingerprint density at radius 3 is 2.08 bits per heavy atom. The van der Waals surface area contributed by atoms with E-state index in [0.29, 0.717) is 5.41 Å². The van der Waals surface area contributed by atoms with Crippen LogP contribution >= 0.6 is 0 Å². The molecule has 0 aliphatic carbocycles. The first-order valence-corrected chi connectivity index (χ1v) is 5.41. The predicted molar refractivity (Wildman–Crippen MR) is 60.1 cm³/mol. The van der Waals surface area contributed by atoms with Crippen molar-refractivity contribution < 1.29 is 0 Å². The third-order valence-electron chi connectivity index (χ3n) is 2.08. The van der Waals surface area contributed by atoms with Gasteiger partial charge in [-0.2, -0.15) is 0 Å². The van der Waals surface area contributed by atoms with Gasteiger partial charge < -0.3 is 10.6 Å². The zero-order chi connectivity index (χ0) is 10.2. The molecule has 0 aromatic heterocycles. The van der Waals surface area contributed by atoms with Crippen molar-refractivity contribution in [2.45, 2.75) is 40.0 Å². The van der Waals surface area contributed by atoms with E-state index in [2.05, 4.69) is 31.4 Å². The van der Waals surface area contributed by atoms with Crippen LogP contribution in [0.3, 0.4) is 0 Å². The molecule has 0 rings (SSSR count). The average Bonchev–Trinajstić information content (AvgIpc) is 2.01. The van der Waals surface area contributed by atoms with Gasteiger partial charge in [-0.05, 0) is 51.4 Å². The summed E-state index contributed by atoms with van der Waals surface area (Å²) in [4.78, 5) is 0. The lowest BCUT2D eigenvalue weighted by molar-refractivity contribution is 0.366. The van der Waals surface area contributed by atoms with Crippen LogP contribution in [0.2, 0.25) is 0 Å². The lowest BCUT2D eigenvalue weighted by atomic mass is 9.92. The minimum Gasteiger partial charge on any atom is -0.320 e. The topological polar surface area (TPSA) is 24.1 Å². The molecule has 0 fully saturated rings. The van der Waals surface area contributed by atoms with Crippen LogP contribution in [0.25, 0.3) is 0 Å². The van der Waals surface area contributed by atoms with Crippen LogP contribution in [0.15, 0.2) is 0 Å². The van der Waals surface area contributed by atoms with Gasteiger partial charge in [0.05, 0.1) is 0 Å². The van der Waals surface area contributed by atoms with E-state index in [9.17, 15) is 0 Å². The van der Waals surface area contributed by atoms with Crippen molar-refractivity contribution in [2.75, 3.05) is 26.7 Å². The van der Waals surface area contributed by atoms with E-state index >= 15 is 0 Å². The second-order valence-electron chi connectivity index (χ2n) is 4.87. The summed E-state index contributed by atoms with van der Waals surface area (Å²) >= 11 is 0. The summed E-state index contributed by atoms with van der Waals surface area (Å²) in [7, 11) is 2.01. The van der Waals surface area contributed by atoms with Crippen LogP contribution in [0.1, 0.15) is 40.0 Å². The first-order valence-electron chi connectivity index (χ1n) is 5.41. The summed E-state index contributed by atoms with van der Waals surface area (Å²) in [5.41, 5.74) is 0.470. The second-order valence-corrected chi connectivity index (χ2v) is 4.87. The summed E-state index contributed by atoms with van der Waals surface area (Å²) in [6.45, 7) is 10.3. The summed E-state index contributed by atoms with van der Waals surface area (Å²) in [5, 5.41) is 6.63. The minimum absolute atomic E-state index is 0.470. The molecular formula is C11H26N2. The molecule has 0 spiro atoms. The van der Waals surface area contributed by atoms with Crippen LogP contribution in [0.5, 0.6) is 0 Å². The van der Waals surface area contributed by atoms with Crippen molar-refractivity contribution in [3.63, 3.8) is 0 Å². The van der Waals surface area contributed by atoms with Crippen molar-refractivity contribution in [1.29, 1.82) is 0 Å². The van der Waals surface area contributed by atoms with Crippen LogP contribution < -0.4 is 10.6 Å². The SMILES string of the molecule is CNCCCCNCCC(C)(C)C. The fraction of sp³-hybridized carbons (Fsp3) is 1.00. The fourth-order valence-electron chi connectivity index (χ4n) is 1.14. The van der Waals surface area contributed by atoms with E-state index in [4.69, 9.17) is 0 Å². The van der Waals surface area contributed by atoms with Gasteiger partial charge in [-0.15, -0.1) is 0 Å². The molecule has 0 aromatic carbocycles. The maximum atomic E-state index is 3.47. The molecule has 2 nitrogen and oxygen atoms in total. The zero-order valence-electron chi connectivity index (χ0n) is 9.74. The molecule has 0 aliphatic rings. The fourth-order valence-corrected chi connectivity index (χ4v) is 1.14. The zero-order valence-corrected chi connectivity index (χ0v) is 9.74. The molecule has 0 saturated heterocycles. The van der Waals surface area contributed by atoms with Crippen LogP contribution in [-0.4, -0.2) is 26.7 Å². The quantitative estimate of drug-likeness (QED) is 0.594. The highest BCUT2D eigenvalue weighted by molar-refractivity contribution is 4.62. The summed E-state index contributed by atoms with van der Waals surface area (Å²) in [6.07, 6.45) is 3.82. The lowest BCUT2D eigenvalue weighted by Crippen LogP contribution is -2.22. The Hall–Kier alpha value is -0.0800. The largest absolute Gasteiger partial charge is 0.320 e. The molecule has 0 heterocycles. The Morgan fingerprint density at radius 2 is 1.54 bits per heavy atom. The first kappa shape index (κ1) is 12.9. The molecule has 0 saturated carbocycles. The van der Waals surface area contributed by atoms with E-state index < -0.39 is 0 Å². The van der Waals surface area contributed by atoms with Crippen LogP contribution in [0, 0.1) is 5.41 Å². The molecule has 13 heavy (non-hydrogen) atoms. The molecule has 0 aromatic rings. The number of nitrogens with one attached hydrogen (secondary N) is 2. The Labute approximate surface area is 83.5 Å². The molecule has 0 atom stereocenters. The molecule has 0 bridgehead atoms. The van der Waals surface area contributed by atoms with Gasteiger partial charge in [-0.1, -0.05) is 20.8 Å². The van der Waals surface area contributed by atoms with E-state index in [1.807, 2.05) is 7.05 Å². The Balaban J connectivity index is 3.00. The standard InChI is InChI=1S/C11H26N2/c1-11(2,3)7-10-13-9-6-5-8-12-4/h12-13H,5-10H2,1-4H3. The van der Waals surface area contributed by atoms with Crippen molar-refractivity contribution in [2.24, 2.45) is 5.41 Å². The van der Waals surface area contributed by atoms with Gasteiger partial charge in [0.25, 0.3) is 0 Å². The van der Waals surface area contributed by atoms with Crippen molar-refractivity contribution in [1.82, 2.24) is 10.6 Å². The Morgan fingerprint density at radius 1 is 0.923 bits per heavy atom. The molecule has 0 radical (unpaired) electrons. The maximum Gasteiger partial charge on any atom is -0.00439 e. The Bertz CT molecular complexity index is 105. The second kappa shape index (κ2) is 7.34. The summed E-state index contributed by atoms with van der Waals surface area (Å²) in [5.74, 6) is 0. The third kappa shape index (κ3) is 11.9. The van der Waals surface area contributed by atoms with Gasteiger partial charge in [0, 0.05) is 0 Å². The number of hydrogen-bond donors (Lipinski definition) is 2. The van der Waals surface area contributed by atoms with Crippen molar-refractivity contribution in [3.8, 4) is 0 Å².